The van der Waals surface area contributed by atoms with E-state index in [2.05, 4.69) is 17.3 Å². The van der Waals surface area contributed by atoms with Crippen LogP contribution in [0.5, 0.6) is 0 Å². The van der Waals surface area contributed by atoms with Gasteiger partial charge in [-0.15, -0.1) is 0 Å². The van der Waals surface area contributed by atoms with Crippen molar-refractivity contribution in [3.63, 3.8) is 0 Å². The van der Waals surface area contributed by atoms with E-state index in [1.807, 2.05) is 0 Å². The van der Waals surface area contributed by atoms with Gasteiger partial charge in [-0.05, 0) is 49.3 Å². The Morgan fingerprint density at radius 1 is 1.10 bits per heavy atom. The molecule has 5 rings (SSSR count). The molecule has 4 unspecified atom stereocenters. The summed E-state index contributed by atoms with van der Waals surface area (Å²) >= 11 is 0. The fourth-order valence-corrected chi connectivity index (χ4v) is 4.59. The molecule has 0 spiro atoms. The highest BCUT2D eigenvalue weighted by Crippen LogP contribution is 2.48. The van der Waals surface area contributed by atoms with Crippen LogP contribution in [0, 0.1) is 43.9 Å². The summed E-state index contributed by atoms with van der Waals surface area (Å²) in [5.41, 5.74) is -0.717. The number of non-ortho nitro benzene ring substituents is 1. The molecule has 10 heteroatoms. The van der Waals surface area contributed by atoms with Crippen molar-refractivity contribution >= 4 is 28.8 Å². The van der Waals surface area contributed by atoms with Gasteiger partial charge < -0.3 is 4.84 Å². The van der Waals surface area contributed by atoms with Crippen molar-refractivity contribution in [3.05, 3.63) is 67.8 Å². The van der Waals surface area contributed by atoms with Crippen LogP contribution in [0.25, 0.3) is 0 Å². The molecular weight excluding hydrogens is 394 g/mol. The molecule has 154 valence electrons. The van der Waals surface area contributed by atoms with Gasteiger partial charge in [-0.25, -0.2) is 4.79 Å². The van der Waals surface area contributed by atoms with Crippen molar-refractivity contribution in [1.29, 1.82) is 0 Å². The third-order valence-electron chi connectivity index (χ3n) is 5.99. The second kappa shape index (κ2) is 7.29. The van der Waals surface area contributed by atoms with Crippen LogP contribution in [0.4, 0.5) is 11.4 Å². The highest BCUT2D eigenvalue weighted by molar-refractivity contribution is 6.13. The summed E-state index contributed by atoms with van der Waals surface area (Å²) in [6.07, 6.45) is 7.55. The molecule has 0 saturated heterocycles. The van der Waals surface area contributed by atoms with Crippen molar-refractivity contribution in [2.75, 3.05) is 0 Å². The SMILES string of the molecule is CC1=CC(=NOC(=O)c2ccc([N+](=O)[O-])cc2[N+](=O)[O-])C2C3C=CC(CC3)C2C1=O. The normalized spacial score (nSPS) is 28.1. The van der Waals surface area contributed by atoms with Gasteiger partial charge in [0.05, 0.1) is 21.6 Å². The summed E-state index contributed by atoms with van der Waals surface area (Å²) in [6.45, 7) is 1.68. The lowest BCUT2D eigenvalue weighted by atomic mass is 9.57. The maximum atomic E-state index is 12.7. The van der Waals surface area contributed by atoms with Crippen LogP contribution in [-0.2, 0) is 9.63 Å². The third kappa shape index (κ3) is 3.19. The molecule has 2 bridgehead atoms. The van der Waals surface area contributed by atoms with E-state index in [1.54, 1.807) is 13.0 Å². The number of oxime groups is 1. The Morgan fingerprint density at radius 3 is 2.37 bits per heavy atom. The standard InChI is InChI=1S/C20H17N3O7/c1-10-8-15(17-11-2-4-12(5-3-11)18(17)19(10)24)21-30-20(25)14-7-6-13(22(26)27)9-16(14)23(28)29/h2,4,6-9,11-12,17-18H,3,5H2,1H3. The van der Waals surface area contributed by atoms with E-state index in [0.717, 1.165) is 25.0 Å². The lowest BCUT2D eigenvalue weighted by Crippen LogP contribution is -2.47. The second-order valence-corrected chi connectivity index (χ2v) is 7.64. The van der Waals surface area contributed by atoms with Gasteiger partial charge in [0.15, 0.2) is 5.78 Å². The van der Waals surface area contributed by atoms with Crippen LogP contribution in [-0.4, -0.2) is 27.3 Å². The maximum absolute atomic E-state index is 12.7. The molecule has 4 aliphatic rings. The Balaban J connectivity index is 1.64. The van der Waals surface area contributed by atoms with Gasteiger partial charge in [0, 0.05) is 17.9 Å². The van der Waals surface area contributed by atoms with Gasteiger partial charge in [-0.3, -0.25) is 25.0 Å². The predicted molar refractivity (Wildman–Crippen MR) is 104 cm³/mol. The first-order chi connectivity index (χ1) is 14.3. The first-order valence-electron chi connectivity index (χ1n) is 9.41. The average Bonchev–Trinajstić information content (AvgIpc) is 2.74. The molecule has 0 amide bonds. The van der Waals surface area contributed by atoms with Crippen molar-refractivity contribution in [2.45, 2.75) is 19.8 Å². The monoisotopic (exact) mass is 411 g/mol. The Bertz CT molecular complexity index is 1070. The number of fused-ring (bicyclic) bond motifs is 1. The molecule has 10 nitrogen and oxygen atoms in total. The van der Waals surface area contributed by atoms with E-state index < -0.39 is 32.8 Å². The Kier molecular flexibility index (Phi) is 4.76. The van der Waals surface area contributed by atoms with E-state index in [4.69, 9.17) is 4.84 Å². The van der Waals surface area contributed by atoms with E-state index >= 15 is 0 Å². The number of carbonyl (C=O) groups is 2. The number of hydrogen-bond donors (Lipinski definition) is 0. The minimum atomic E-state index is -1.10. The molecule has 0 N–H and O–H groups in total. The highest BCUT2D eigenvalue weighted by Gasteiger charge is 2.48. The molecule has 4 aliphatic carbocycles. The zero-order chi connectivity index (χ0) is 21.6. The molecule has 0 heterocycles. The summed E-state index contributed by atoms with van der Waals surface area (Å²) < 4.78 is 0. The van der Waals surface area contributed by atoms with Gasteiger partial charge in [0.1, 0.15) is 5.56 Å². The fourth-order valence-electron chi connectivity index (χ4n) is 4.59. The zero-order valence-corrected chi connectivity index (χ0v) is 15.9. The first-order valence-corrected chi connectivity index (χ1v) is 9.41. The van der Waals surface area contributed by atoms with Crippen LogP contribution < -0.4 is 0 Å². The fraction of sp³-hybridized carbons (Fsp3) is 0.350. The number of nitro groups is 2. The number of nitro benzene ring substituents is 2. The number of rotatable bonds is 4. The number of allylic oxidation sites excluding steroid dienone is 4. The molecule has 1 aromatic rings. The summed E-state index contributed by atoms with van der Waals surface area (Å²) in [5.74, 6) is -1.25. The molecule has 0 radical (unpaired) electrons. The Morgan fingerprint density at radius 2 is 1.77 bits per heavy atom. The van der Waals surface area contributed by atoms with E-state index in [1.165, 1.54) is 0 Å². The second-order valence-electron chi connectivity index (χ2n) is 7.64. The summed E-state index contributed by atoms with van der Waals surface area (Å²) in [7, 11) is 0. The van der Waals surface area contributed by atoms with Crippen molar-refractivity contribution in [1.82, 2.24) is 0 Å². The van der Waals surface area contributed by atoms with Crippen molar-refractivity contribution in [2.24, 2.45) is 28.8 Å². The van der Waals surface area contributed by atoms with Crippen LogP contribution in [0.2, 0.25) is 0 Å². The smallest absolute Gasteiger partial charge is 0.312 e. The third-order valence-corrected chi connectivity index (χ3v) is 5.99. The van der Waals surface area contributed by atoms with Gasteiger partial charge in [0.2, 0.25) is 0 Å². The molecule has 4 atom stereocenters. The molecule has 0 aromatic heterocycles. The Labute approximate surface area is 170 Å². The van der Waals surface area contributed by atoms with Crippen LogP contribution in [0.15, 0.2) is 47.2 Å². The number of Topliss-reactive ketones (excluding diaryl/α,β-unsaturated/α-hetero) is 1. The van der Waals surface area contributed by atoms with Crippen LogP contribution in [0.1, 0.15) is 30.1 Å². The zero-order valence-electron chi connectivity index (χ0n) is 15.9. The summed E-state index contributed by atoms with van der Waals surface area (Å²) in [4.78, 5) is 50.5. The lowest BCUT2D eigenvalue weighted by molar-refractivity contribution is -0.394. The van der Waals surface area contributed by atoms with Gasteiger partial charge >= 0.3 is 5.97 Å². The number of benzene rings is 1. The molecular formula is C20H17N3O7. The molecule has 1 saturated carbocycles. The maximum Gasteiger partial charge on any atom is 0.372 e. The van der Waals surface area contributed by atoms with E-state index in [9.17, 15) is 29.8 Å². The molecule has 30 heavy (non-hydrogen) atoms. The minimum absolute atomic E-state index is 0.0651. The minimum Gasteiger partial charge on any atom is -0.312 e. The highest BCUT2D eigenvalue weighted by atomic mass is 16.7. The Hall–Kier alpha value is -3.69. The van der Waals surface area contributed by atoms with E-state index in [-0.39, 0.29) is 29.5 Å². The topological polar surface area (TPSA) is 142 Å². The summed E-state index contributed by atoms with van der Waals surface area (Å²) in [6, 6.07) is 2.66. The largest absolute Gasteiger partial charge is 0.372 e. The molecule has 1 aromatic carbocycles. The van der Waals surface area contributed by atoms with Crippen molar-refractivity contribution < 1.29 is 24.3 Å². The lowest BCUT2D eigenvalue weighted by Gasteiger charge is -2.45. The molecule has 1 fully saturated rings. The number of nitrogens with zero attached hydrogens (tertiary/aromatic N) is 3. The number of ketones is 1. The number of carbonyl (C=O) groups excluding carboxylic acids is 2. The average molecular weight is 411 g/mol. The van der Waals surface area contributed by atoms with Gasteiger partial charge in [-0.2, -0.15) is 0 Å². The van der Waals surface area contributed by atoms with Gasteiger partial charge in [0.25, 0.3) is 11.4 Å². The van der Waals surface area contributed by atoms with Crippen LogP contribution in [0.3, 0.4) is 0 Å². The quantitative estimate of drug-likeness (QED) is 0.320. The number of hydrogen-bond acceptors (Lipinski definition) is 8. The molecule has 0 aliphatic heterocycles. The summed E-state index contributed by atoms with van der Waals surface area (Å²) in [5, 5.41) is 26.0. The van der Waals surface area contributed by atoms with Crippen molar-refractivity contribution in [3.8, 4) is 0 Å². The first kappa shape index (κ1) is 19.6. The van der Waals surface area contributed by atoms with Gasteiger partial charge in [-0.1, -0.05) is 17.3 Å². The predicted octanol–water partition coefficient (Wildman–Crippen LogP) is 3.37. The van der Waals surface area contributed by atoms with E-state index in [0.29, 0.717) is 17.4 Å². The van der Waals surface area contributed by atoms with Crippen LogP contribution >= 0.6 is 0 Å².